The minimum atomic E-state index is -1.32. The second-order valence-electron chi connectivity index (χ2n) is 10.4. The van der Waals surface area contributed by atoms with Crippen LogP contribution in [-0.2, 0) is 38.0 Å². The van der Waals surface area contributed by atoms with Crippen LogP contribution in [0.25, 0.3) is 0 Å². The third kappa shape index (κ3) is 27.1. The molecule has 0 aliphatic rings. The number of carbonyl (C=O) groups is 4. The number of nitrogen functional groups attached to an aromatic ring is 2. The number of Topliss-reactive ketones (excluding diaryl/α,β-unsaturated/α-hetero) is 3. The molecule has 0 aliphatic carbocycles. The molecule has 0 saturated heterocycles. The topological polar surface area (TPSA) is 243 Å². The molecule has 0 saturated carbocycles. The number of carboxylic acids is 1. The molecule has 0 heterocycles. The van der Waals surface area contributed by atoms with Crippen LogP contribution in [0.15, 0.2) is 36.4 Å². The third-order valence-corrected chi connectivity index (χ3v) is 6.18. The van der Waals surface area contributed by atoms with Gasteiger partial charge in [0.15, 0.2) is 17.3 Å². The quantitative estimate of drug-likeness (QED) is 0.0414. The average molecular weight is 732 g/mol. The van der Waals surface area contributed by atoms with Gasteiger partial charge in [0.05, 0.1) is 65.4 Å². The Balaban J connectivity index is 0. The second kappa shape index (κ2) is 33.3. The first kappa shape index (κ1) is 50.5. The molecule has 0 unspecified atom stereocenters. The van der Waals surface area contributed by atoms with Crippen LogP contribution in [0.3, 0.4) is 0 Å². The summed E-state index contributed by atoms with van der Waals surface area (Å²) in [5.74, 6) is -0.830. The van der Waals surface area contributed by atoms with Crippen LogP contribution < -0.4 is 50.6 Å². The molecule has 2 aromatic carbocycles. The number of carbonyl (C=O) groups excluding carboxylic acids is 4. The van der Waals surface area contributed by atoms with Crippen molar-refractivity contribution in [2.45, 2.75) is 26.7 Å². The van der Waals surface area contributed by atoms with E-state index >= 15 is 0 Å². The molecule has 0 aromatic heterocycles. The molecule has 0 aliphatic heterocycles. The SMILES string of the molecule is CC(=O)c1ccc(OCC(=O)[O-])cc1N.COCCOCCOCCCC(=O)COc1ccc(C(C)=O)c(N)c1.COCCOCCOCCN.[Li+]. The zero-order valence-corrected chi connectivity index (χ0v) is 31.1. The van der Waals surface area contributed by atoms with E-state index in [1.54, 1.807) is 32.4 Å². The van der Waals surface area contributed by atoms with E-state index in [1.807, 2.05) is 0 Å². The summed E-state index contributed by atoms with van der Waals surface area (Å²) >= 11 is 0. The number of hydrogen-bond donors (Lipinski definition) is 3. The Kier molecular flexibility index (Phi) is 32.4. The molecule has 0 atom stereocenters. The molecule has 0 spiro atoms. The fourth-order valence-electron chi connectivity index (χ4n) is 3.66. The van der Waals surface area contributed by atoms with Crippen LogP contribution in [0.4, 0.5) is 11.4 Å². The van der Waals surface area contributed by atoms with E-state index in [0.29, 0.717) is 114 Å². The van der Waals surface area contributed by atoms with E-state index in [4.69, 9.17) is 55.1 Å². The number of rotatable bonds is 26. The fraction of sp³-hybridized carbons (Fsp3) is 0.543. The largest absolute Gasteiger partial charge is 1.00 e. The van der Waals surface area contributed by atoms with Gasteiger partial charge in [0.2, 0.25) is 0 Å². The zero-order chi connectivity index (χ0) is 38.3. The fourth-order valence-corrected chi connectivity index (χ4v) is 3.66. The van der Waals surface area contributed by atoms with Crippen LogP contribution in [0.5, 0.6) is 11.5 Å². The molecule has 17 heteroatoms. The number of nitrogens with two attached hydrogens (primary N) is 3. The number of methoxy groups -OCH3 is 2. The van der Waals surface area contributed by atoms with Gasteiger partial charge in [-0.25, -0.2) is 0 Å². The van der Waals surface area contributed by atoms with Crippen LogP contribution in [-0.4, -0.2) is 123 Å². The predicted molar refractivity (Wildman–Crippen MR) is 188 cm³/mol. The Labute approximate surface area is 318 Å². The first-order valence-corrected chi connectivity index (χ1v) is 16.2. The number of benzene rings is 2. The van der Waals surface area contributed by atoms with Gasteiger partial charge in [-0.05, 0) is 44.5 Å². The Hall–Kier alpha value is -3.56. The van der Waals surface area contributed by atoms with Gasteiger partial charge in [-0.15, -0.1) is 0 Å². The Bertz CT molecular complexity index is 1280. The molecule has 288 valence electrons. The van der Waals surface area contributed by atoms with Crippen molar-refractivity contribution in [3.05, 3.63) is 47.5 Å². The van der Waals surface area contributed by atoms with Gasteiger partial charge in [-0.2, -0.15) is 0 Å². The number of carboxylic acid groups (broad SMARTS) is 1. The van der Waals surface area contributed by atoms with Gasteiger partial charge >= 0.3 is 18.9 Å². The van der Waals surface area contributed by atoms with Gasteiger partial charge in [0.25, 0.3) is 0 Å². The summed E-state index contributed by atoms with van der Waals surface area (Å²) in [6, 6.07) is 9.15. The van der Waals surface area contributed by atoms with E-state index in [9.17, 15) is 24.3 Å². The molecule has 52 heavy (non-hydrogen) atoms. The van der Waals surface area contributed by atoms with Crippen molar-refractivity contribution in [3.8, 4) is 11.5 Å². The maximum atomic E-state index is 11.8. The predicted octanol–water partition coefficient (Wildman–Crippen LogP) is -1.89. The zero-order valence-electron chi connectivity index (χ0n) is 31.1. The van der Waals surface area contributed by atoms with E-state index in [2.05, 4.69) is 0 Å². The average Bonchev–Trinajstić information content (AvgIpc) is 3.09. The van der Waals surface area contributed by atoms with E-state index in [1.165, 1.54) is 32.0 Å². The third-order valence-electron chi connectivity index (χ3n) is 6.18. The van der Waals surface area contributed by atoms with Gasteiger partial charge < -0.3 is 65.0 Å². The number of hydrogen-bond acceptors (Lipinski definition) is 16. The Morgan fingerprint density at radius 1 is 0.615 bits per heavy atom. The molecule has 2 aromatic rings. The Morgan fingerprint density at radius 3 is 1.40 bits per heavy atom. The summed E-state index contributed by atoms with van der Waals surface area (Å²) in [5.41, 5.74) is 18.0. The molecule has 0 amide bonds. The molecular formula is C35H54LiN3O13. The van der Waals surface area contributed by atoms with Crippen LogP contribution in [0, 0.1) is 0 Å². The van der Waals surface area contributed by atoms with Gasteiger partial charge in [-0.1, -0.05) is 0 Å². The summed E-state index contributed by atoms with van der Waals surface area (Å²) in [7, 11) is 3.27. The van der Waals surface area contributed by atoms with E-state index in [-0.39, 0.29) is 48.5 Å². The molecule has 0 fully saturated rings. The van der Waals surface area contributed by atoms with Crippen LogP contribution >= 0.6 is 0 Å². The molecular weight excluding hydrogens is 677 g/mol. The Morgan fingerprint density at radius 2 is 1.02 bits per heavy atom. The van der Waals surface area contributed by atoms with E-state index in [0.717, 1.165) is 0 Å². The molecule has 2 rings (SSSR count). The monoisotopic (exact) mass is 731 g/mol. The summed E-state index contributed by atoms with van der Waals surface area (Å²) in [5, 5.41) is 10.1. The van der Waals surface area contributed by atoms with Crippen molar-refractivity contribution in [3.63, 3.8) is 0 Å². The first-order valence-electron chi connectivity index (χ1n) is 16.2. The van der Waals surface area contributed by atoms with Crippen molar-refractivity contribution in [2.75, 3.05) is 112 Å². The maximum Gasteiger partial charge on any atom is 1.00 e. The normalized spacial score (nSPS) is 10.1. The van der Waals surface area contributed by atoms with Gasteiger partial charge in [0, 0.05) is 68.4 Å². The number of anilines is 2. The summed E-state index contributed by atoms with van der Waals surface area (Å²) < 4.78 is 40.7. The van der Waals surface area contributed by atoms with Crippen molar-refractivity contribution in [1.82, 2.24) is 0 Å². The minimum absolute atomic E-state index is 0. The standard InChI is InChI=1S/C18H27NO6.C10H11NO4.C7H17NO3.Li/c1-14(20)17-6-5-16(12-18(17)19)25-13-15(21)4-3-7-23-10-11-24-9-8-22-2;1-6(12)8-3-2-7(4-9(8)11)15-5-10(13)14;1-9-4-5-11-7-6-10-3-2-8;/h5-6,12H,3-4,7-11,13,19H2,1-2H3;2-4H,5,11H2,1H3,(H,13,14);2-8H2,1H3;/q;;;+1/p-1. The van der Waals surface area contributed by atoms with Crippen LogP contribution in [0.2, 0.25) is 0 Å². The van der Waals surface area contributed by atoms with Crippen molar-refractivity contribution < 1.29 is 81.0 Å². The number of aliphatic carboxylic acids is 1. The second-order valence-corrected chi connectivity index (χ2v) is 10.4. The summed E-state index contributed by atoms with van der Waals surface area (Å²) in [4.78, 5) is 44.2. The molecule has 6 N–H and O–H groups in total. The maximum absolute atomic E-state index is 11.8. The van der Waals surface area contributed by atoms with E-state index < -0.39 is 12.6 Å². The molecule has 0 radical (unpaired) electrons. The van der Waals surface area contributed by atoms with Crippen molar-refractivity contribution in [2.24, 2.45) is 5.73 Å². The van der Waals surface area contributed by atoms with Crippen LogP contribution in [0.1, 0.15) is 47.4 Å². The number of ketones is 3. The molecule has 16 nitrogen and oxygen atoms in total. The summed E-state index contributed by atoms with van der Waals surface area (Å²) in [6.07, 6.45) is 1.01. The smallest absolute Gasteiger partial charge is 0.546 e. The van der Waals surface area contributed by atoms with Crippen molar-refractivity contribution in [1.29, 1.82) is 0 Å². The van der Waals surface area contributed by atoms with Crippen molar-refractivity contribution >= 4 is 34.7 Å². The first-order chi connectivity index (χ1) is 24.5. The van der Waals surface area contributed by atoms with Gasteiger partial charge in [-0.3, -0.25) is 14.4 Å². The van der Waals surface area contributed by atoms with Gasteiger partial charge in [0.1, 0.15) is 24.7 Å². The minimum Gasteiger partial charge on any atom is -0.546 e. The summed E-state index contributed by atoms with van der Waals surface area (Å²) in [6.45, 7) is 8.56. The molecule has 0 bridgehead atoms. The number of ether oxygens (including phenoxy) is 8.